The molecule has 2 aromatic rings. The SMILES string of the molecule is C[C@@H]1CCCN(c2c3c(nc4ccccc24)CCCC3)C1. The first-order chi connectivity index (χ1) is 10.3. The van der Waals surface area contributed by atoms with Gasteiger partial charge in [-0.25, -0.2) is 0 Å². The molecule has 110 valence electrons. The fourth-order valence-corrected chi connectivity index (χ4v) is 4.10. The van der Waals surface area contributed by atoms with Crippen LogP contribution in [0.3, 0.4) is 0 Å². The Balaban J connectivity index is 1.91. The summed E-state index contributed by atoms with van der Waals surface area (Å²) in [5, 5.41) is 1.37. The van der Waals surface area contributed by atoms with Crippen molar-refractivity contribution in [1.82, 2.24) is 4.98 Å². The van der Waals surface area contributed by atoms with Crippen molar-refractivity contribution in [3.05, 3.63) is 35.5 Å². The summed E-state index contributed by atoms with van der Waals surface area (Å²) in [6.45, 7) is 4.81. The van der Waals surface area contributed by atoms with Crippen molar-refractivity contribution < 1.29 is 0 Å². The van der Waals surface area contributed by atoms with Gasteiger partial charge in [0.25, 0.3) is 0 Å². The van der Waals surface area contributed by atoms with Crippen LogP contribution >= 0.6 is 0 Å². The van der Waals surface area contributed by atoms with Gasteiger partial charge in [0.2, 0.25) is 0 Å². The lowest BCUT2D eigenvalue weighted by Gasteiger charge is -2.36. The number of nitrogens with zero attached hydrogens (tertiary/aromatic N) is 2. The number of aryl methyl sites for hydroxylation is 1. The molecule has 0 saturated carbocycles. The fourth-order valence-electron chi connectivity index (χ4n) is 4.10. The Morgan fingerprint density at radius 2 is 1.95 bits per heavy atom. The third-order valence-corrected chi connectivity index (χ3v) is 5.11. The molecule has 0 bridgehead atoms. The maximum atomic E-state index is 4.96. The molecule has 1 fully saturated rings. The number of anilines is 1. The van der Waals surface area contributed by atoms with Gasteiger partial charge >= 0.3 is 0 Å². The molecule has 0 amide bonds. The summed E-state index contributed by atoms with van der Waals surface area (Å²) in [6.07, 6.45) is 7.70. The Hall–Kier alpha value is -1.57. The van der Waals surface area contributed by atoms with E-state index in [0.29, 0.717) is 0 Å². The number of aromatic nitrogens is 1. The maximum Gasteiger partial charge on any atom is 0.0726 e. The average molecular weight is 280 g/mol. The van der Waals surface area contributed by atoms with E-state index in [-0.39, 0.29) is 0 Å². The first-order valence-electron chi connectivity index (χ1n) is 8.48. The topological polar surface area (TPSA) is 16.1 Å². The monoisotopic (exact) mass is 280 g/mol. The van der Waals surface area contributed by atoms with Gasteiger partial charge in [-0.05, 0) is 56.1 Å². The van der Waals surface area contributed by atoms with Crippen molar-refractivity contribution in [2.24, 2.45) is 5.92 Å². The predicted molar refractivity (Wildman–Crippen MR) is 89.0 cm³/mol. The number of piperidine rings is 1. The van der Waals surface area contributed by atoms with Crippen molar-refractivity contribution in [2.75, 3.05) is 18.0 Å². The number of benzene rings is 1. The zero-order valence-electron chi connectivity index (χ0n) is 12.9. The Morgan fingerprint density at radius 3 is 2.86 bits per heavy atom. The van der Waals surface area contributed by atoms with Gasteiger partial charge in [-0.15, -0.1) is 0 Å². The smallest absolute Gasteiger partial charge is 0.0726 e. The molecule has 1 saturated heterocycles. The summed E-state index contributed by atoms with van der Waals surface area (Å²) < 4.78 is 0. The highest BCUT2D eigenvalue weighted by molar-refractivity contribution is 5.94. The molecule has 1 aromatic carbocycles. The lowest BCUT2D eigenvalue weighted by Crippen LogP contribution is -2.35. The van der Waals surface area contributed by atoms with Crippen molar-refractivity contribution in [3.63, 3.8) is 0 Å². The third kappa shape index (κ3) is 2.31. The molecule has 1 aromatic heterocycles. The van der Waals surface area contributed by atoms with Crippen LogP contribution < -0.4 is 4.90 Å². The van der Waals surface area contributed by atoms with Gasteiger partial charge in [0.05, 0.1) is 11.2 Å². The summed E-state index contributed by atoms with van der Waals surface area (Å²) >= 11 is 0. The van der Waals surface area contributed by atoms with Crippen LogP contribution in [0.2, 0.25) is 0 Å². The molecule has 2 heterocycles. The van der Waals surface area contributed by atoms with E-state index in [1.807, 2.05) is 0 Å². The first-order valence-corrected chi connectivity index (χ1v) is 8.48. The van der Waals surface area contributed by atoms with E-state index in [0.717, 1.165) is 12.3 Å². The second-order valence-electron chi connectivity index (χ2n) is 6.80. The van der Waals surface area contributed by atoms with Crippen molar-refractivity contribution in [2.45, 2.75) is 45.4 Å². The van der Waals surface area contributed by atoms with Gasteiger partial charge < -0.3 is 4.90 Å². The highest BCUT2D eigenvalue weighted by atomic mass is 15.1. The lowest BCUT2D eigenvalue weighted by atomic mass is 9.90. The molecule has 4 rings (SSSR count). The van der Waals surface area contributed by atoms with Crippen LogP contribution in [0.5, 0.6) is 0 Å². The normalized spacial score (nSPS) is 22.3. The van der Waals surface area contributed by atoms with E-state index in [1.54, 1.807) is 5.56 Å². The van der Waals surface area contributed by atoms with Crippen LogP contribution in [0.15, 0.2) is 24.3 Å². The average Bonchev–Trinajstić information content (AvgIpc) is 2.52. The molecule has 2 nitrogen and oxygen atoms in total. The second kappa shape index (κ2) is 5.32. The Morgan fingerprint density at radius 1 is 1.10 bits per heavy atom. The Bertz CT molecular complexity index is 662. The molecule has 1 atom stereocenters. The number of hydrogen-bond acceptors (Lipinski definition) is 2. The molecular formula is C19H24N2. The molecule has 2 aliphatic rings. The Labute approximate surface area is 127 Å². The molecule has 21 heavy (non-hydrogen) atoms. The van der Waals surface area contributed by atoms with Gasteiger partial charge in [-0.2, -0.15) is 0 Å². The van der Waals surface area contributed by atoms with Crippen LogP contribution in [0.1, 0.15) is 43.9 Å². The number of fused-ring (bicyclic) bond motifs is 2. The number of hydrogen-bond donors (Lipinski definition) is 0. The molecule has 1 aliphatic carbocycles. The number of rotatable bonds is 1. The van der Waals surface area contributed by atoms with Gasteiger partial charge in [0, 0.05) is 24.2 Å². The van der Waals surface area contributed by atoms with E-state index in [9.17, 15) is 0 Å². The third-order valence-electron chi connectivity index (χ3n) is 5.11. The van der Waals surface area contributed by atoms with E-state index < -0.39 is 0 Å². The summed E-state index contributed by atoms with van der Waals surface area (Å²) in [6, 6.07) is 8.73. The minimum Gasteiger partial charge on any atom is -0.370 e. The van der Waals surface area contributed by atoms with Crippen LogP contribution in [0, 0.1) is 5.92 Å². The molecular weight excluding hydrogens is 256 g/mol. The van der Waals surface area contributed by atoms with Crippen LogP contribution in [-0.2, 0) is 12.8 Å². The predicted octanol–water partition coefficient (Wildman–Crippen LogP) is 4.35. The standard InChI is InChI=1S/C19H24N2/c1-14-7-6-12-21(13-14)19-15-8-2-4-10-17(15)20-18-11-5-3-9-16(18)19/h2,4,8,10,14H,3,5-7,9,11-13H2,1H3/t14-/m1/s1. The van der Waals surface area contributed by atoms with E-state index in [1.165, 1.54) is 67.5 Å². The largest absolute Gasteiger partial charge is 0.370 e. The lowest BCUT2D eigenvalue weighted by molar-refractivity contribution is 0.446. The van der Waals surface area contributed by atoms with Crippen LogP contribution in [0.25, 0.3) is 10.9 Å². The van der Waals surface area contributed by atoms with Gasteiger partial charge in [-0.1, -0.05) is 25.1 Å². The molecule has 0 radical (unpaired) electrons. The highest BCUT2D eigenvalue weighted by Gasteiger charge is 2.24. The molecule has 0 N–H and O–H groups in total. The van der Waals surface area contributed by atoms with Crippen LogP contribution in [-0.4, -0.2) is 18.1 Å². The van der Waals surface area contributed by atoms with E-state index in [2.05, 4.69) is 36.1 Å². The molecule has 0 spiro atoms. The minimum atomic E-state index is 0.810. The zero-order valence-corrected chi connectivity index (χ0v) is 12.9. The first kappa shape index (κ1) is 13.1. The van der Waals surface area contributed by atoms with Gasteiger partial charge in [0.15, 0.2) is 0 Å². The fraction of sp³-hybridized carbons (Fsp3) is 0.526. The summed E-state index contributed by atoms with van der Waals surface area (Å²) in [4.78, 5) is 7.62. The second-order valence-corrected chi connectivity index (χ2v) is 6.80. The quantitative estimate of drug-likeness (QED) is 0.772. The van der Waals surface area contributed by atoms with Crippen molar-refractivity contribution >= 4 is 16.6 Å². The zero-order chi connectivity index (χ0) is 14.2. The summed E-state index contributed by atoms with van der Waals surface area (Å²) in [5.41, 5.74) is 5.62. The number of para-hydroxylation sites is 1. The van der Waals surface area contributed by atoms with Crippen molar-refractivity contribution in [3.8, 4) is 0 Å². The van der Waals surface area contributed by atoms with Gasteiger partial charge in [0.1, 0.15) is 0 Å². The van der Waals surface area contributed by atoms with E-state index in [4.69, 9.17) is 4.98 Å². The summed E-state index contributed by atoms with van der Waals surface area (Å²) in [5.74, 6) is 0.810. The highest BCUT2D eigenvalue weighted by Crippen LogP contribution is 2.37. The van der Waals surface area contributed by atoms with Crippen LogP contribution in [0.4, 0.5) is 5.69 Å². The summed E-state index contributed by atoms with van der Waals surface area (Å²) in [7, 11) is 0. The van der Waals surface area contributed by atoms with Crippen molar-refractivity contribution in [1.29, 1.82) is 0 Å². The molecule has 1 aliphatic heterocycles. The minimum absolute atomic E-state index is 0.810. The number of pyridine rings is 1. The van der Waals surface area contributed by atoms with E-state index >= 15 is 0 Å². The molecule has 0 unspecified atom stereocenters. The Kier molecular flexibility index (Phi) is 3.33. The maximum absolute atomic E-state index is 4.96. The van der Waals surface area contributed by atoms with Gasteiger partial charge in [-0.3, -0.25) is 4.98 Å². The molecule has 2 heteroatoms.